The molecule has 2 aromatic heterocycles. The van der Waals surface area contributed by atoms with Crippen LogP contribution < -0.4 is 15.7 Å². The summed E-state index contributed by atoms with van der Waals surface area (Å²) in [6, 6.07) is 10.7. The first-order valence-electron chi connectivity index (χ1n) is 9.38. The van der Waals surface area contributed by atoms with Crippen molar-refractivity contribution in [1.82, 2.24) is 9.13 Å². The van der Waals surface area contributed by atoms with Crippen LogP contribution in [0.15, 0.2) is 52.1 Å². The van der Waals surface area contributed by atoms with Gasteiger partial charge in [-0.25, -0.2) is 4.39 Å². The third-order valence-electron chi connectivity index (χ3n) is 5.48. The first-order valence-corrected chi connectivity index (χ1v) is 9.38. The number of nitrogens with zero attached hydrogens (tertiary/aromatic N) is 2. The lowest BCUT2D eigenvalue weighted by atomic mass is 10.1. The predicted molar refractivity (Wildman–Crippen MR) is 107 cm³/mol. The number of hydrogen-bond donors (Lipinski definition) is 1. The van der Waals surface area contributed by atoms with Gasteiger partial charge in [0.25, 0.3) is 5.56 Å². The van der Waals surface area contributed by atoms with E-state index >= 15 is 0 Å². The van der Waals surface area contributed by atoms with Gasteiger partial charge in [-0.1, -0.05) is 30.3 Å². The van der Waals surface area contributed by atoms with Crippen molar-refractivity contribution in [2.75, 3.05) is 6.61 Å². The average molecular weight is 410 g/mol. The standard InChI is InChI=1S/C22H16F2N2O4/c1-11-10-30-21-18(24)14(23)7-13-19(21)26(11)15-8-16(27)25(22(29)17(15)20(13)28)9-12-5-3-2-4-6-12/h2-8,11,29H,9-10H2,1H3. The summed E-state index contributed by atoms with van der Waals surface area (Å²) in [7, 11) is 0. The first kappa shape index (κ1) is 18.4. The molecule has 2 aromatic carbocycles. The number of aromatic nitrogens is 2. The van der Waals surface area contributed by atoms with Crippen LogP contribution in [0.1, 0.15) is 18.5 Å². The summed E-state index contributed by atoms with van der Waals surface area (Å²) in [4.78, 5) is 26.0. The summed E-state index contributed by atoms with van der Waals surface area (Å²) in [6.07, 6.45) is 0. The average Bonchev–Trinajstić information content (AvgIpc) is 2.73. The highest BCUT2D eigenvalue weighted by Gasteiger charge is 2.29. The molecular weight excluding hydrogens is 394 g/mol. The van der Waals surface area contributed by atoms with Gasteiger partial charge in [-0.15, -0.1) is 0 Å². The van der Waals surface area contributed by atoms with Crippen molar-refractivity contribution < 1.29 is 18.6 Å². The van der Waals surface area contributed by atoms with E-state index in [-0.39, 0.29) is 46.7 Å². The van der Waals surface area contributed by atoms with Gasteiger partial charge in [0.1, 0.15) is 12.0 Å². The number of rotatable bonds is 2. The number of ether oxygens (including phenoxy) is 1. The number of fused-ring (bicyclic) bond motifs is 2. The molecular formula is C22H16F2N2O4. The Labute approximate surface area is 168 Å². The van der Waals surface area contributed by atoms with Crippen molar-refractivity contribution >= 4 is 21.8 Å². The fourth-order valence-electron chi connectivity index (χ4n) is 4.08. The van der Waals surface area contributed by atoms with Gasteiger partial charge < -0.3 is 14.4 Å². The zero-order chi connectivity index (χ0) is 21.2. The predicted octanol–water partition coefficient (Wildman–Crippen LogP) is 3.30. The molecule has 0 aliphatic carbocycles. The minimum atomic E-state index is -1.22. The van der Waals surface area contributed by atoms with Gasteiger partial charge in [-0.05, 0) is 18.6 Å². The highest BCUT2D eigenvalue weighted by atomic mass is 19.2. The molecule has 30 heavy (non-hydrogen) atoms. The molecule has 4 aromatic rings. The van der Waals surface area contributed by atoms with Gasteiger partial charge in [-0.2, -0.15) is 4.39 Å². The molecule has 0 saturated carbocycles. The molecule has 152 valence electrons. The summed E-state index contributed by atoms with van der Waals surface area (Å²) in [5, 5.41) is 10.7. The highest BCUT2D eigenvalue weighted by molar-refractivity contribution is 5.98. The first-order chi connectivity index (χ1) is 14.4. The van der Waals surface area contributed by atoms with E-state index in [9.17, 15) is 23.5 Å². The van der Waals surface area contributed by atoms with E-state index in [2.05, 4.69) is 0 Å². The molecule has 0 saturated heterocycles. The number of hydrogen-bond acceptors (Lipinski definition) is 4. The monoisotopic (exact) mass is 410 g/mol. The zero-order valence-corrected chi connectivity index (χ0v) is 15.9. The van der Waals surface area contributed by atoms with Crippen molar-refractivity contribution in [2.24, 2.45) is 0 Å². The van der Waals surface area contributed by atoms with Crippen LogP contribution in [0.4, 0.5) is 8.78 Å². The molecule has 3 heterocycles. The molecule has 8 heteroatoms. The molecule has 1 unspecified atom stereocenters. The van der Waals surface area contributed by atoms with Gasteiger partial charge in [0.15, 0.2) is 11.6 Å². The second kappa shape index (κ2) is 6.41. The van der Waals surface area contributed by atoms with Gasteiger partial charge >= 0.3 is 0 Å². The van der Waals surface area contributed by atoms with E-state index in [4.69, 9.17) is 4.74 Å². The summed E-state index contributed by atoms with van der Waals surface area (Å²) >= 11 is 0. The molecule has 0 spiro atoms. The fourth-order valence-corrected chi connectivity index (χ4v) is 4.08. The molecule has 1 aliphatic heterocycles. The molecule has 0 fully saturated rings. The summed E-state index contributed by atoms with van der Waals surface area (Å²) < 4.78 is 36.5. The highest BCUT2D eigenvalue weighted by Crippen LogP contribution is 2.38. The molecule has 6 nitrogen and oxygen atoms in total. The maximum Gasteiger partial charge on any atom is 0.255 e. The Morgan fingerprint density at radius 3 is 2.63 bits per heavy atom. The van der Waals surface area contributed by atoms with Crippen molar-refractivity contribution in [3.8, 4) is 11.6 Å². The number of halogens is 2. The van der Waals surface area contributed by atoms with Crippen LogP contribution in [0.2, 0.25) is 0 Å². The van der Waals surface area contributed by atoms with E-state index < -0.39 is 28.5 Å². The Bertz CT molecular complexity index is 1460. The van der Waals surface area contributed by atoms with Crippen LogP contribution in [0.3, 0.4) is 0 Å². The lowest BCUT2D eigenvalue weighted by Gasteiger charge is -2.28. The Hall–Kier alpha value is -3.68. The van der Waals surface area contributed by atoms with Crippen molar-refractivity contribution in [2.45, 2.75) is 19.5 Å². The molecule has 0 amide bonds. The number of benzene rings is 2. The second-order valence-corrected chi connectivity index (χ2v) is 7.39. The quantitative estimate of drug-likeness (QED) is 0.515. The maximum absolute atomic E-state index is 14.3. The van der Waals surface area contributed by atoms with Crippen LogP contribution in [0, 0.1) is 11.6 Å². The zero-order valence-electron chi connectivity index (χ0n) is 15.9. The number of pyridine rings is 2. The van der Waals surface area contributed by atoms with E-state index in [1.165, 1.54) is 6.07 Å². The molecule has 0 radical (unpaired) electrons. The van der Waals surface area contributed by atoms with Gasteiger partial charge in [0.2, 0.25) is 17.1 Å². The fraction of sp³-hybridized carbons (Fsp3) is 0.182. The lowest BCUT2D eigenvalue weighted by Crippen LogP contribution is -2.28. The maximum atomic E-state index is 14.3. The van der Waals surface area contributed by atoms with Crippen molar-refractivity contribution in [3.63, 3.8) is 0 Å². The Balaban J connectivity index is 1.93. The lowest BCUT2D eigenvalue weighted by molar-refractivity contribution is 0.236. The largest absolute Gasteiger partial charge is 0.494 e. The molecule has 1 atom stereocenters. The summed E-state index contributed by atoms with van der Waals surface area (Å²) in [5.74, 6) is -3.28. The Morgan fingerprint density at radius 2 is 1.90 bits per heavy atom. The molecule has 5 rings (SSSR count). The second-order valence-electron chi connectivity index (χ2n) is 7.39. The summed E-state index contributed by atoms with van der Waals surface area (Å²) in [5.41, 5.74) is -0.233. The molecule has 1 aliphatic rings. The minimum Gasteiger partial charge on any atom is -0.494 e. The van der Waals surface area contributed by atoms with Crippen LogP contribution in [0.5, 0.6) is 11.6 Å². The Kier molecular flexibility index (Phi) is 3.92. The molecule has 1 N–H and O–H groups in total. The van der Waals surface area contributed by atoms with Crippen LogP contribution in [-0.4, -0.2) is 20.8 Å². The van der Waals surface area contributed by atoms with Gasteiger partial charge in [-0.3, -0.25) is 14.2 Å². The van der Waals surface area contributed by atoms with Gasteiger partial charge in [0, 0.05) is 6.07 Å². The summed E-state index contributed by atoms with van der Waals surface area (Å²) in [6.45, 7) is 1.84. The van der Waals surface area contributed by atoms with E-state index in [1.807, 2.05) is 6.07 Å². The van der Waals surface area contributed by atoms with Crippen LogP contribution >= 0.6 is 0 Å². The Morgan fingerprint density at radius 1 is 1.17 bits per heavy atom. The minimum absolute atomic E-state index is 0.0221. The van der Waals surface area contributed by atoms with E-state index in [1.54, 1.807) is 35.8 Å². The topological polar surface area (TPSA) is 73.5 Å². The van der Waals surface area contributed by atoms with Crippen molar-refractivity contribution in [3.05, 3.63) is 80.2 Å². The van der Waals surface area contributed by atoms with E-state index in [0.717, 1.165) is 16.2 Å². The van der Waals surface area contributed by atoms with Gasteiger partial charge in [0.05, 0.1) is 29.0 Å². The number of aromatic hydroxyl groups is 1. The van der Waals surface area contributed by atoms with Crippen LogP contribution in [0.25, 0.3) is 21.8 Å². The van der Waals surface area contributed by atoms with E-state index in [0.29, 0.717) is 0 Å². The smallest absolute Gasteiger partial charge is 0.255 e. The molecule has 0 bridgehead atoms. The van der Waals surface area contributed by atoms with Crippen molar-refractivity contribution in [1.29, 1.82) is 0 Å². The van der Waals surface area contributed by atoms with Crippen LogP contribution in [-0.2, 0) is 6.54 Å². The normalized spacial score (nSPS) is 15.5. The SMILES string of the molecule is CC1COc2c(F)c(F)cc3c(=O)c4c(O)n(Cc5ccccc5)c(=O)cc4n1c23. The third kappa shape index (κ3) is 2.46. The third-order valence-corrected chi connectivity index (χ3v) is 5.48.